The zero-order chi connectivity index (χ0) is 26.4. The molecule has 1 aliphatic heterocycles. The monoisotopic (exact) mass is 519 g/mol. The van der Waals surface area contributed by atoms with Crippen LogP contribution >= 0.6 is 0 Å². The first kappa shape index (κ1) is 24.4. The normalized spacial score (nSPS) is 20.6. The third-order valence-corrected chi connectivity index (χ3v) is 7.69. The zero-order valence-electron chi connectivity index (χ0n) is 20.6. The molecule has 0 bridgehead atoms. The summed E-state index contributed by atoms with van der Waals surface area (Å²) in [5, 5.41) is 12.7. The first-order valence-electron chi connectivity index (χ1n) is 12.8. The molecule has 2 atom stereocenters. The summed E-state index contributed by atoms with van der Waals surface area (Å²) in [5.41, 5.74) is 1.28. The molecule has 2 aliphatic rings. The van der Waals surface area contributed by atoms with Gasteiger partial charge < -0.3 is 14.9 Å². The number of halogens is 2. The molecule has 1 saturated heterocycles. The van der Waals surface area contributed by atoms with Crippen LogP contribution in [0.15, 0.2) is 59.8 Å². The number of pyridine rings is 1. The number of piperazine rings is 1. The molecule has 2 aromatic carbocycles. The van der Waals surface area contributed by atoms with Gasteiger partial charge in [0.15, 0.2) is 0 Å². The molecule has 8 nitrogen and oxygen atoms in total. The Bertz CT molecular complexity index is 1570. The Morgan fingerprint density at radius 3 is 2.45 bits per heavy atom. The van der Waals surface area contributed by atoms with Gasteiger partial charge >= 0.3 is 0 Å². The van der Waals surface area contributed by atoms with Crippen LogP contribution in [-0.4, -0.2) is 51.3 Å². The van der Waals surface area contributed by atoms with E-state index in [0.717, 1.165) is 35.7 Å². The lowest BCUT2D eigenvalue weighted by atomic mass is 9.92. The standard InChI is InChI=1S/C28H27F2N5O3/c29-27(30)21-10-9-17(14-31-21)34-12-11-33(15-25(34)37)23-13-20-26(19-6-2-1-5-18(19)23)32-16-35(28(20)38)22-7-3-4-8-24(22)36/h1-2,5-6,9-10,13-14,16,22,24,27,36H,3-4,7-8,11-12,15H2/t22-,24-/m0/s1. The van der Waals surface area contributed by atoms with Gasteiger partial charge in [0.1, 0.15) is 5.69 Å². The number of fused-ring (bicyclic) bond motifs is 3. The van der Waals surface area contributed by atoms with E-state index in [1.165, 1.54) is 18.3 Å². The molecule has 1 aliphatic carbocycles. The van der Waals surface area contributed by atoms with Crippen LogP contribution in [0.25, 0.3) is 21.7 Å². The minimum absolute atomic E-state index is 0.0574. The van der Waals surface area contributed by atoms with Gasteiger partial charge in [0.25, 0.3) is 12.0 Å². The number of aliphatic hydroxyl groups excluding tert-OH is 1. The number of nitrogens with zero attached hydrogens (tertiary/aromatic N) is 5. The Kier molecular flexibility index (Phi) is 6.27. The first-order valence-corrected chi connectivity index (χ1v) is 12.8. The minimum atomic E-state index is -2.67. The van der Waals surface area contributed by atoms with Crippen LogP contribution in [0, 0.1) is 0 Å². The van der Waals surface area contributed by atoms with E-state index in [9.17, 15) is 23.5 Å². The second-order valence-corrected chi connectivity index (χ2v) is 9.92. The van der Waals surface area contributed by atoms with Crippen LogP contribution in [-0.2, 0) is 4.79 Å². The molecule has 6 rings (SSSR count). The molecule has 2 aromatic heterocycles. The van der Waals surface area contributed by atoms with Crippen LogP contribution in [0.5, 0.6) is 0 Å². The summed E-state index contributed by atoms with van der Waals surface area (Å²) < 4.78 is 27.3. The Morgan fingerprint density at radius 1 is 0.947 bits per heavy atom. The molecule has 0 spiro atoms. The maximum Gasteiger partial charge on any atom is 0.280 e. The smallest absolute Gasteiger partial charge is 0.280 e. The quantitative estimate of drug-likeness (QED) is 0.406. The lowest BCUT2D eigenvalue weighted by molar-refractivity contribution is -0.117. The molecule has 3 heterocycles. The molecule has 38 heavy (non-hydrogen) atoms. The molecule has 2 fully saturated rings. The van der Waals surface area contributed by atoms with Gasteiger partial charge in [0.2, 0.25) is 5.91 Å². The van der Waals surface area contributed by atoms with E-state index in [-0.39, 0.29) is 29.7 Å². The van der Waals surface area contributed by atoms with Gasteiger partial charge in [-0.2, -0.15) is 0 Å². The Morgan fingerprint density at radius 2 is 1.74 bits per heavy atom. The summed E-state index contributed by atoms with van der Waals surface area (Å²) in [6.45, 7) is 0.877. The molecular weight excluding hydrogens is 492 g/mol. The van der Waals surface area contributed by atoms with Crippen molar-refractivity contribution in [2.75, 3.05) is 29.4 Å². The summed E-state index contributed by atoms with van der Waals surface area (Å²) in [5.74, 6) is -0.194. The number of anilines is 2. The number of benzene rings is 2. The third-order valence-electron chi connectivity index (χ3n) is 7.69. The zero-order valence-corrected chi connectivity index (χ0v) is 20.6. The highest BCUT2D eigenvalue weighted by Crippen LogP contribution is 2.34. The SMILES string of the molecule is O=C1CN(c2cc3c(=O)n([C@H]4CCCC[C@@H]4O)cnc3c3ccccc23)CCN1c1ccc(C(F)F)nc1. The van der Waals surface area contributed by atoms with E-state index < -0.39 is 12.5 Å². The number of hydrogen-bond acceptors (Lipinski definition) is 6. The fourth-order valence-corrected chi connectivity index (χ4v) is 5.71. The molecule has 0 radical (unpaired) electrons. The molecule has 1 saturated carbocycles. The van der Waals surface area contributed by atoms with Gasteiger partial charge in [-0.15, -0.1) is 0 Å². The van der Waals surface area contributed by atoms with Crippen LogP contribution in [0.3, 0.4) is 0 Å². The first-order chi connectivity index (χ1) is 18.4. The van der Waals surface area contributed by atoms with Crippen molar-refractivity contribution >= 4 is 39.0 Å². The van der Waals surface area contributed by atoms with Gasteiger partial charge in [0, 0.05) is 29.5 Å². The number of hydrogen-bond donors (Lipinski definition) is 1. The Labute approximate surface area is 217 Å². The topological polar surface area (TPSA) is 91.6 Å². The minimum Gasteiger partial charge on any atom is -0.391 e. The number of aliphatic hydroxyl groups is 1. The highest BCUT2D eigenvalue weighted by atomic mass is 19.3. The maximum atomic E-state index is 13.7. The molecule has 0 unspecified atom stereocenters. The van der Waals surface area contributed by atoms with E-state index in [1.54, 1.807) is 21.9 Å². The molecule has 4 aromatic rings. The summed E-state index contributed by atoms with van der Waals surface area (Å²) in [6, 6.07) is 11.9. The third kappa shape index (κ3) is 4.18. The Hall–Kier alpha value is -3.92. The number of alkyl halides is 2. The highest BCUT2D eigenvalue weighted by molar-refractivity contribution is 6.12. The predicted molar refractivity (Wildman–Crippen MR) is 141 cm³/mol. The van der Waals surface area contributed by atoms with Crippen molar-refractivity contribution in [3.8, 4) is 0 Å². The summed E-state index contributed by atoms with van der Waals surface area (Å²) >= 11 is 0. The molecular formula is C28H27F2N5O3. The van der Waals surface area contributed by atoms with Gasteiger partial charge in [-0.25, -0.2) is 13.8 Å². The molecule has 1 N–H and O–H groups in total. The highest BCUT2D eigenvalue weighted by Gasteiger charge is 2.29. The van der Waals surface area contributed by atoms with Crippen LogP contribution < -0.4 is 15.4 Å². The van der Waals surface area contributed by atoms with E-state index >= 15 is 0 Å². The van der Waals surface area contributed by atoms with E-state index in [0.29, 0.717) is 36.1 Å². The number of rotatable bonds is 4. The van der Waals surface area contributed by atoms with Crippen molar-refractivity contribution in [3.63, 3.8) is 0 Å². The summed E-state index contributed by atoms with van der Waals surface area (Å²) in [6.07, 6.45) is 2.86. The maximum absolute atomic E-state index is 13.7. The van der Waals surface area contributed by atoms with Gasteiger partial charge in [0.05, 0.1) is 47.8 Å². The fraction of sp³-hybridized carbons (Fsp3) is 0.357. The number of aromatic nitrogens is 3. The second kappa shape index (κ2) is 9.75. The van der Waals surface area contributed by atoms with Crippen molar-refractivity contribution in [2.24, 2.45) is 0 Å². The second-order valence-electron chi connectivity index (χ2n) is 9.92. The van der Waals surface area contributed by atoms with Gasteiger partial charge in [-0.3, -0.25) is 19.1 Å². The fourth-order valence-electron chi connectivity index (χ4n) is 5.71. The van der Waals surface area contributed by atoms with E-state index in [1.807, 2.05) is 29.2 Å². The molecule has 10 heteroatoms. The van der Waals surface area contributed by atoms with E-state index in [4.69, 9.17) is 0 Å². The van der Waals surface area contributed by atoms with Gasteiger partial charge in [-0.1, -0.05) is 37.1 Å². The predicted octanol–water partition coefficient (Wildman–Crippen LogP) is 4.21. The summed E-state index contributed by atoms with van der Waals surface area (Å²) in [7, 11) is 0. The van der Waals surface area contributed by atoms with Crippen LogP contribution in [0.1, 0.15) is 43.8 Å². The van der Waals surface area contributed by atoms with Crippen molar-refractivity contribution < 1.29 is 18.7 Å². The number of carbonyl (C=O) groups excluding carboxylic acids is 1. The van der Waals surface area contributed by atoms with Crippen molar-refractivity contribution in [2.45, 2.75) is 44.3 Å². The van der Waals surface area contributed by atoms with E-state index in [2.05, 4.69) is 9.97 Å². The Balaban J connectivity index is 1.37. The average molecular weight is 520 g/mol. The molecule has 1 amide bonds. The lowest BCUT2D eigenvalue weighted by Crippen LogP contribution is -2.50. The average Bonchev–Trinajstić information content (AvgIpc) is 2.93. The van der Waals surface area contributed by atoms with Crippen molar-refractivity contribution in [1.29, 1.82) is 0 Å². The number of carbonyl (C=O) groups is 1. The number of amides is 1. The van der Waals surface area contributed by atoms with Crippen molar-refractivity contribution in [1.82, 2.24) is 14.5 Å². The van der Waals surface area contributed by atoms with Crippen molar-refractivity contribution in [3.05, 3.63) is 71.0 Å². The van der Waals surface area contributed by atoms with Gasteiger partial charge in [-0.05, 0) is 31.0 Å². The molecule has 196 valence electrons. The van der Waals surface area contributed by atoms with Crippen LogP contribution in [0.2, 0.25) is 0 Å². The largest absolute Gasteiger partial charge is 0.391 e. The summed E-state index contributed by atoms with van der Waals surface area (Å²) in [4.78, 5) is 38.8. The van der Waals surface area contributed by atoms with Crippen LogP contribution in [0.4, 0.5) is 20.2 Å². The lowest BCUT2D eigenvalue weighted by Gasteiger charge is -2.36.